The van der Waals surface area contributed by atoms with Crippen molar-refractivity contribution in [2.24, 2.45) is 0 Å². The summed E-state index contributed by atoms with van der Waals surface area (Å²) in [4.78, 5) is 12.1. The van der Waals surface area contributed by atoms with E-state index in [1.165, 1.54) is 17.6 Å². The highest BCUT2D eigenvalue weighted by atomic mass is 32.1. The summed E-state index contributed by atoms with van der Waals surface area (Å²) in [7, 11) is 0. The summed E-state index contributed by atoms with van der Waals surface area (Å²) in [5, 5.41) is 3.70. The molecular formula is C8H10N2O2S. The molecule has 0 amide bonds. The summed E-state index contributed by atoms with van der Waals surface area (Å²) in [6, 6.07) is 0. The van der Waals surface area contributed by atoms with E-state index in [1.54, 1.807) is 0 Å². The molecule has 0 fully saturated rings. The standard InChI is InChI=1S/C8H10N2O2S/c1-3-5-12-8(11)7-6(4-2)13-10-9-7/h3H,1,4-5H2,2H3. The minimum absolute atomic E-state index is 0.208. The maximum atomic E-state index is 11.3. The smallest absolute Gasteiger partial charge is 0.360 e. The van der Waals surface area contributed by atoms with E-state index in [9.17, 15) is 4.79 Å². The van der Waals surface area contributed by atoms with Crippen LogP contribution in [0.2, 0.25) is 0 Å². The Balaban J connectivity index is 2.70. The van der Waals surface area contributed by atoms with Crippen molar-refractivity contribution >= 4 is 17.5 Å². The SMILES string of the molecule is C=CCOC(=O)c1nnsc1CC. The van der Waals surface area contributed by atoms with Gasteiger partial charge in [-0.3, -0.25) is 0 Å². The van der Waals surface area contributed by atoms with Gasteiger partial charge in [0.15, 0.2) is 5.69 Å². The van der Waals surface area contributed by atoms with Gasteiger partial charge in [-0.1, -0.05) is 24.1 Å². The Morgan fingerprint density at radius 1 is 1.77 bits per heavy atom. The monoisotopic (exact) mass is 198 g/mol. The van der Waals surface area contributed by atoms with E-state index >= 15 is 0 Å². The van der Waals surface area contributed by atoms with Crippen LogP contribution in [0.3, 0.4) is 0 Å². The third-order valence-corrected chi connectivity index (χ3v) is 2.27. The normalized spacial score (nSPS) is 9.62. The van der Waals surface area contributed by atoms with E-state index < -0.39 is 5.97 Å². The second kappa shape index (κ2) is 4.71. The Labute approximate surface area is 80.4 Å². The molecule has 0 saturated heterocycles. The van der Waals surface area contributed by atoms with Gasteiger partial charge >= 0.3 is 5.97 Å². The number of hydrogen-bond acceptors (Lipinski definition) is 5. The molecule has 5 heteroatoms. The third kappa shape index (κ3) is 2.35. The molecule has 0 aliphatic rings. The first-order valence-corrected chi connectivity index (χ1v) is 4.66. The van der Waals surface area contributed by atoms with Crippen LogP contribution in [0.15, 0.2) is 12.7 Å². The summed E-state index contributed by atoms with van der Waals surface area (Å²) in [6.07, 6.45) is 2.26. The van der Waals surface area contributed by atoms with E-state index in [4.69, 9.17) is 4.74 Å². The first kappa shape index (κ1) is 9.85. The van der Waals surface area contributed by atoms with Crippen molar-refractivity contribution in [1.82, 2.24) is 9.59 Å². The zero-order valence-electron chi connectivity index (χ0n) is 7.32. The number of hydrogen-bond donors (Lipinski definition) is 0. The fraction of sp³-hybridized carbons (Fsp3) is 0.375. The minimum atomic E-state index is -0.425. The van der Waals surface area contributed by atoms with Gasteiger partial charge in [0, 0.05) is 0 Å². The number of carbonyl (C=O) groups is 1. The van der Waals surface area contributed by atoms with Crippen LogP contribution in [-0.4, -0.2) is 22.2 Å². The predicted octanol–water partition coefficient (Wildman–Crippen LogP) is 1.44. The molecule has 0 N–H and O–H groups in total. The molecular weight excluding hydrogens is 188 g/mol. The summed E-state index contributed by atoms with van der Waals surface area (Å²) in [5.41, 5.74) is 0.328. The molecule has 70 valence electrons. The van der Waals surface area contributed by atoms with Crippen LogP contribution >= 0.6 is 11.5 Å². The third-order valence-electron chi connectivity index (χ3n) is 1.40. The van der Waals surface area contributed by atoms with Crippen LogP contribution in [0.5, 0.6) is 0 Å². The number of carbonyl (C=O) groups excluding carboxylic acids is 1. The Bertz CT molecular complexity index is 309. The van der Waals surface area contributed by atoms with Gasteiger partial charge < -0.3 is 4.74 Å². The van der Waals surface area contributed by atoms with Gasteiger partial charge in [-0.2, -0.15) is 0 Å². The van der Waals surface area contributed by atoms with Crippen molar-refractivity contribution in [1.29, 1.82) is 0 Å². The van der Waals surface area contributed by atoms with Gasteiger partial charge in [0.1, 0.15) is 6.61 Å². The Morgan fingerprint density at radius 2 is 2.54 bits per heavy atom. The highest BCUT2D eigenvalue weighted by Gasteiger charge is 2.15. The number of nitrogens with zero attached hydrogens (tertiary/aromatic N) is 2. The van der Waals surface area contributed by atoms with E-state index in [2.05, 4.69) is 16.2 Å². The van der Waals surface area contributed by atoms with Crippen molar-refractivity contribution in [3.8, 4) is 0 Å². The lowest BCUT2D eigenvalue weighted by Crippen LogP contribution is -2.07. The van der Waals surface area contributed by atoms with Crippen LogP contribution in [0.1, 0.15) is 22.3 Å². The molecule has 0 atom stereocenters. The Kier molecular flexibility index (Phi) is 3.57. The van der Waals surface area contributed by atoms with E-state index in [0.717, 1.165) is 11.3 Å². The first-order chi connectivity index (χ1) is 6.29. The van der Waals surface area contributed by atoms with Crippen molar-refractivity contribution in [2.45, 2.75) is 13.3 Å². The lowest BCUT2D eigenvalue weighted by molar-refractivity contribution is 0.0541. The van der Waals surface area contributed by atoms with Crippen molar-refractivity contribution in [3.63, 3.8) is 0 Å². The van der Waals surface area contributed by atoms with Gasteiger partial charge in [0.25, 0.3) is 0 Å². The van der Waals surface area contributed by atoms with Crippen LogP contribution < -0.4 is 0 Å². The van der Waals surface area contributed by atoms with Crippen LogP contribution in [-0.2, 0) is 11.2 Å². The number of aryl methyl sites for hydroxylation is 1. The molecule has 0 aliphatic heterocycles. The van der Waals surface area contributed by atoms with Gasteiger partial charge in [0.05, 0.1) is 4.88 Å². The molecule has 1 rings (SSSR count). The molecule has 4 nitrogen and oxygen atoms in total. The fourth-order valence-corrected chi connectivity index (χ4v) is 1.36. The molecule has 0 aliphatic carbocycles. The highest BCUT2D eigenvalue weighted by Crippen LogP contribution is 2.11. The molecule has 1 aromatic heterocycles. The summed E-state index contributed by atoms with van der Waals surface area (Å²) in [6.45, 7) is 5.60. The zero-order chi connectivity index (χ0) is 9.68. The van der Waals surface area contributed by atoms with Crippen LogP contribution in [0.25, 0.3) is 0 Å². The van der Waals surface area contributed by atoms with Crippen LogP contribution in [0, 0.1) is 0 Å². The molecule has 1 aromatic rings. The Hall–Kier alpha value is -1.23. The number of esters is 1. The molecule has 0 bridgehead atoms. The lowest BCUT2D eigenvalue weighted by Gasteiger charge is -1.98. The average molecular weight is 198 g/mol. The topological polar surface area (TPSA) is 52.1 Å². The first-order valence-electron chi connectivity index (χ1n) is 3.88. The molecule has 0 unspecified atom stereocenters. The van der Waals surface area contributed by atoms with Crippen molar-refractivity contribution in [3.05, 3.63) is 23.2 Å². The molecule has 0 aromatic carbocycles. The number of aromatic nitrogens is 2. The lowest BCUT2D eigenvalue weighted by atomic mass is 10.3. The summed E-state index contributed by atoms with van der Waals surface area (Å²) in [5.74, 6) is -0.425. The zero-order valence-corrected chi connectivity index (χ0v) is 8.13. The van der Waals surface area contributed by atoms with Crippen LogP contribution in [0.4, 0.5) is 0 Å². The van der Waals surface area contributed by atoms with Gasteiger partial charge in [-0.05, 0) is 18.0 Å². The van der Waals surface area contributed by atoms with E-state index in [0.29, 0.717) is 5.69 Å². The summed E-state index contributed by atoms with van der Waals surface area (Å²) >= 11 is 1.22. The van der Waals surface area contributed by atoms with E-state index in [-0.39, 0.29) is 6.61 Å². The molecule has 1 heterocycles. The second-order valence-electron chi connectivity index (χ2n) is 2.29. The van der Waals surface area contributed by atoms with Gasteiger partial charge in [-0.15, -0.1) is 5.10 Å². The van der Waals surface area contributed by atoms with Gasteiger partial charge in [0.2, 0.25) is 0 Å². The molecule has 0 spiro atoms. The summed E-state index contributed by atoms with van der Waals surface area (Å²) < 4.78 is 8.51. The minimum Gasteiger partial charge on any atom is -0.457 e. The molecule has 0 radical (unpaired) electrons. The second-order valence-corrected chi connectivity index (χ2v) is 3.12. The fourth-order valence-electron chi connectivity index (χ4n) is 0.799. The molecule has 0 saturated carbocycles. The average Bonchev–Trinajstić information content (AvgIpc) is 2.61. The Morgan fingerprint density at radius 3 is 3.15 bits per heavy atom. The maximum Gasteiger partial charge on any atom is 0.360 e. The van der Waals surface area contributed by atoms with Crippen molar-refractivity contribution < 1.29 is 9.53 Å². The number of ether oxygens (including phenoxy) is 1. The van der Waals surface area contributed by atoms with Gasteiger partial charge in [-0.25, -0.2) is 4.79 Å². The number of rotatable bonds is 4. The van der Waals surface area contributed by atoms with E-state index in [1.807, 2.05) is 6.92 Å². The predicted molar refractivity (Wildman–Crippen MR) is 49.8 cm³/mol. The highest BCUT2D eigenvalue weighted by molar-refractivity contribution is 7.05. The quantitative estimate of drug-likeness (QED) is 0.542. The maximum absolute atomic E-state index is 11.3. The molecule has 13 heavy (non-hydrogen) atoms. The van der Waals surface area contributed by atoms with Crippen molar-refractivity contribution in [2.75, 3.05) is 6.61 Å². The largest absolute Gasteiger partial charge is 0.457 e.